The lowest BCUT2D eigenvalue weighted by molar-refractivity contribution is -0.383. The monoisotopic (exact) mass is 381 g/mol. The molecule has 0 atom stereocenters. The number of carbonyl (C=O) groups is 1. The lowest BCUT2D eigenvalue weighted by Crippen LogP contribution is -2.20. The van der Waals surface area contributed by atoms with E-state index in [9.17, 15) is 23.3 Å². The van der Waals surface area contributed by atoms with Crippen LogP contribution < -0.4 is 19.9 Å². The normalized spacial score (nSPS) is 10.8. The number of ether oxygens (including phenoxy) is 2. The molecule has 0 aromatic heterocycles. The second-order valence-electron chi connectivity index (χ2n) is 4.98. The predicted octanol–water partition coefficient (Wildman–Crippen LogP) is 1.27. The van der Waals surface area contributed by atoms with E-state index in [-0.39, 0.29) is 22.1 Å². The van der Waals surface area contributed by atoms with Gasteiger partial charge < -0.3 is 15.2 Å². The molecule has 2 rings (SSSR count). The molecule has 0 saturated carbocycles. The van der Waals surface area contributed by atoms with Crippen molar-refractivity contribution in [1.82, 2.24) is 0 Å². The van der Waals surface area contributed by atoms with Crippen LogP contribution in [0, 0.1) is 10.1 Å². The number of nitrogens with one attached hydrogen (secondary N) is 1. The van der Waals surface area contributed by atoms with Crippen molar-refractivity contribution in [2.45, 2.75) is 4.90 Å². The number of nitrogens with zero attached hydrogens (tertiary/aromatic N) is 1. The maximum Gasteiger partial charge on any atom is 0.293 e. The third-order valence-electron chi connectivity index (χ3n) is 3.14. The van der Waals surface area contributed by atoms with Crippen molar-refractivity contribution in [3.8, 4) is 11.5 Å². The number of sulfonamides is 1. The molecule has 11 heteroatoms. The van der Waals surface area contributed by atoms with Crippen molar-refractivity contribution >= 4 is 27.3 Å². The van der Waals surface area contributed by atoms with Crippen LogP contribution in [0.5, 0.6) is 11.5 Å². The molecule has 26 heavy (non-hydrogen) atoms. The van der Waals surface area contributed by atoms with Crippen molar-refractivity contribution < 1.29 is 27.6 Å². The molecular weight excluding hydrogens is 366 g/mol. The topological polar surface area (TPSA) is 151 Å². The van der Waals surface area contributed by atoms with Crippen LogP contribution in [-0.4, -0.2) is 33.0 Å². The van der Waals surface area contributed by atoms with E-state index >= 15 is 0 Å². The minimum absolute atomic E-state index is 0.104. The first-order valence-corrected chi connectivity index (χ1v) is 8.57. The van der Waals surface area contributed by atoms with Gasteiger partial charge in [0.05, 0.1) is 16.9 Å². The zero-order valence-corrected chi connectivity index (χ0v) is 14.4. The first-order valence-electron chi connectivity index (χ1n) is 7.09. The van der Waals surface area contributed by atoms with Gasteiger partial charge in [0.25, 0.3) is 21.6 Å². The molecule has 0 aliphatic carbocycles. The average molecular weight is 381 g/mol. The summed E-state index contributed by atoms with van der Waals surface area (Å²) in [6.45, 7) is -0.418. The summed E-state index contributed by atoms with van der Waals surface area (Å²) in [6, 6.07) is 8.93. The Kier molecular flexibility index (Phi) is 5.62. The van der Waals surface area contributed by atoms with E-state index in [0.29, 0.717) is 0 Å². The Hall–Kier alpha value is -3.34. The maximum absolute atomic E-state index is 12.5. The second kappa shape index (κ2) is 7.70. The van der Waals surface area contributed by atoms with E-state index in [1.165, 1.54) is 37.4 Å². The lowest BCUT2D eigenvalue weighted by Gasteiger charge is -2.11. The smallest absolute Gasteiger partial charge is 0.293 e. The summed E-state index contributed by atoms with van der Waals surface area (Å²) >= 11 is 0. The molecule has 2 aromatic rings. The number of hydrogen-bond acceptors (Lipinski definition) is 7. The van der Waals surface area contributed by atoms with Gasteiger partial charge in [-0.3, -0.25) is 19.6 Å². The van der Waals surface area contributed by atoms with Crippen LogP contribution >= 0.6 is 0 Å². The van der Waals surface area contributed by atoms with Gasteiger partial charge >= 0.3 is 0 Å². The summed E-state index contributed by atoms with van der Waals surface area (Å²) in [6.07, 6.45) is 0. The average Bonchev–Trinajstić information content (AvgIpc) is 2.59. The van der Waals surface area contributed by atoms with Crippen LogP contribution in [0.25, 0.3) is 0 Å². The molecule has 138 valence electrons. The SMILES string of the molecule is COc1ccc([N+](=O)[O-])c(NS(=O)(=O)c2cccc(OCC(N)=O)c2)c1. The minimum Gasteiger partial charge on any atom is -0.497 e. The quantitative estimate of drug-likeness (QED) is 0.516. The maximum atomic E-state index is 12.5. The number of methoxy groups -OCH3 is 1. The molecule has 0 fully saturated rings. The Morgan fingerprint density at radius 3 is 2.58 bits per heavy atom. The number of amides is 1. The summed E-state index contributed by atoms with van der Waals surface area (Å²) in [5.41, 5.74) is 4.28. The first kappa shape index (κ1) is 19.0. The van der Waals surface area contributed by atoms with Crippen LogP contribution in [0.3, 0.4) is 0 Å². The highest BCUT2D eigenvalue weighted by Gasteiger charge is 2.22. The zero-order chi connectivity index (χ0) is 19.3. The minimum atomic E-state index is -4.16. The molecule has 0 aliphatic rings. The van der Waals surface area contributed by atoms with Gasteiger partial charge in [-0.15, -0.1) is 0 Å². The van der Waals surface area contributed by atoms with Crippen LogP contribution in [0.2, 0.25) is 0 Å². The Morgan fingerprint density at radius 2 is 1.96 bits per heavy atom. The number of primary amides is 1. The van der Waals surface area contributed by atoms with E-state index < -0.39 is 33.1 Å². The van der Waals surface area contributed by atoms with Crippen molar-refractivity contribution in [2.75, 3.05) is 18.4 Å². The number of carbonyl (C=O) groups excluding carboxylic acids is 1. The molecule has 0 bridgehead atoms. The van der Waals surface area contributed by atoms with Crippen LogP contribution in [0.1, 0.15) is 0 Å². The molecule has 10 nitrogen and oxygen atoms in total. The lowest BCUT2D eigenvalue weighted by atomic mass is 10.2. The van der Waals surface area contributed by atoms with Gasteiger partial charge in [-0.25, -0.2) is 8.42 Å². The Morgan fingerprint density at radius 1 is 1.23 bits per heavy atom. The van der Waals surface area contributed by atoms with Gasteiger partial charge in [-0.2, -0.15) is 0 Å². The molecule has 2 aromatic carbocycles. The van der Waals surface area contributed by atoms with E-state index in [1.807, 2.05) is 0 Å². The molecule has 0 aliphatic heterocycles. The van der Waals surface area contributed by atoms with E-state index in [4.69, 9.17) is 15.2 Å². The zero-order valence-electron chi connectivity index (χ0n) is 13.5. The van der Waals surface area contributed by atoms with Crippen LogP contribution in [0.4, 0.5) is 11.4 Å². The molecule has 1 amide bonds. The second-order valence-corrected chi connectivity index (χ2v) is 6.66. The Balaban J connectivity index is 2.36. The summed E-state index contributed by atoms with van der Waals surface area (Å²) in [7, 11) is -2.82. The third-order valence-corrected chi connectivity index (χ3v) is 4.50. The summed E-state index contributed by atoms with van der Waals surface area (Å²) in [5.74, 6) is -0.373. The number of benzene rings is 2. The number of rotatable bonds is 8. The summed E-state index contributed by atoms with van der Waals surface area (Å²) in [4.78, 5) is 20.9. The van der Waals surface area contributed by atoms with Crippen molar-refractivity contribution in [1.29, 1.82) is 0 Å². The number of anilines is 1. The Bertz CT molecular complexity index is 944. The van der Waals surface area contributed by atoms with Gasteiger partial charge in [-0.05, 0) is 18.2 Å². The fraction of sp³-hybridized carbons (Fsp3) is 0.133. The molecule has 0 radical (unpaired) electrons. The standard InChI is InChI=1S/C15H15N3O7S/c1-24-10-5-6-14(18(20)21)13(8-10)17-26(22,23)12-4-2-3-11(7-12)25-9-15(16)19/h2-8,17H,9H2,1H3,(H2,16,19). The highest BCUT2D eigenvalue weighted by molar-refractivity contribution is 7.92. The van der Waals surface area contributed by atoms with Gasteiger partial charge in [0.1, 0.15) is 17.2 Å². The fourth-order valence-electron chi connectivity index (χ4n) is 1.97. The highest BCUT2D eigenvalue weighted by Crippen LogP contribution is 2.31. The first-order chi connectivity index (χ1) is 12.2. The number of hydrogen-bond donors (Lipinski definition) is 2. The molecule has 3 N–H and O–H groups in total. The predicted molar refractivity (Wildman–Crippen MR) is 91.6 cm³/mol. The van der Waals surface area contributed by atoms with E-state index in [1.54, 1.807) is 0 Å². The molecule has 0 saturated heterocycles. The van der Waals surface area contributed by atoms with Gasteiger partial charge in [0.15, 0.2) is 6.61 Å². The highest BCUT2D eigenvalue weighted by atomic mass is 32.2. The van der Waals surface area contributed by atoms with Crippen LogP contribution in [0.15, 0.2) is 47.4 Å². The third kappa shape index (κ3) is 4.60. The number of nitro groups is 1. The fourth-order valence-corrected chi connectivity index (χ4v) is 3.07. The van der Waals surface area contributed by atoms with Crippen molar-refractivity contribution in [3.63, 3.8) is 0 Å². The van der Waals surface area contributed by atoms with Crippen LogP contribution in [-0.2, 0) is 14.8 Å². The largest absolute Gasteiger partial charge is 0.497 e. The van der Waals surface area contributed by atoms with Crippen molar-refractivity contribution in [3.05, 3.63) is 52.6 Å². The van der Waals surface area contributed by atoms with E-state index in [2.05, 4.69) is 4.72 Å². The van der Waals surface area contributed by atoms with Gasteiger partial charge in [0.2, 0.25) is 0 Å². The molecule has 0 spiro atoms. The van der Waals surface area contributed by atoms with Gasteiger partial charge in [-0.1, -0.05) is 6.07 Å². The summed E-state index contributed by atoms with van der Waals surface area (Å²) in [5, 5.41) is 11.1. The van der Waals surface area contributed by atoms with Gasteiger partial charge in [0, 0.05) is 18.2 Å². The molecule has 0 heterocycles. The Labute approximate surface area is 148 Å². The number of nitrogens with two attached hydrogens (primary N) is 1. The van der Waals surface area contributed by atoms with E-state index in [0.717, 1.165) is 12.1 Å². The summed E-state index contributed by atoms with van der Waals surface area (Å²) < 4.78 is 37.3. The number of nitro benzene ring substituents is 1. The molecule has 0 unspecified atom stereocenters. The van der Waals surface area contributed by atoms with Crippen molar-refractivity contribution in [2.24, 2.45) is 5.73 Å². The molecular formula is C15H15N3O7S.